The monoisotopic (exact) mass is 382 g/mol. The van der Waals surface area contributed by atoms with Gasteiger partial charge in [0.1, 0.15) is 0 Å². The van der Waals surface area contributed by atoms with Crippen LogP contribution in [0.3, 0.4) is 0 Å². The highest BCUT2D eigenvalue weighted by molar-refractivity contribution is 5.94. The lowest BCUT2D eigenvalue weighted by molar-refractivity contribution is 0.0204. The molecule has 1 N–H and O–H groups in total. The number of benzene rings is 1. The molecule has 4 rings (SSSR count). The summed E-state index contributed by atoms with van der Waals surface area (Å²) in [5.41, 5.74) is 3.98. The first kappa shape index (κ1) is 19.2. The van der Waals surface area contributed by atoms with E-state index in [1.54, 1.807) is 0 Å². The lowest BCUT2D eigenvalue weighted by Gasteiger charge is -2.32. The number of ether oxygens (including phenoxy) is 1. The van der Waals surface area contributed by atoms with Crippen LogP contribution >= 0.6 is 0 Å². The minimum atomic E-state index is -0.0482. The molecule has 1 aromatic carbocycles. The molecule has 1 fully saturated rings. The molecular formula is C22H30N4O2. The molecule has 6 nitrogen and oxygen atoms in total. The zero-order valence-electron chi connectivity index (χ0n) is 16.7. The fourth-order valence-corrected chi connectivity index (χ4v) is 4.21. The third kappa shape index (κ3) is 4.13. The summed E-state index contributed by atoms with van der Waals surface area (Å²) in [4.78, 5) is 15.4. The standard InChI is InChI=1S/C22H30N4O2/c1-17(25-12-14-28-15-13-25)16-23-22(27)21-19-10-6-3-7-11-20(19)26(24-21)18-8-4-2-5-9-18/h2,4-5,8-9,17H,3,6-7,10-16H2,1H3,(H,23,27). The normalized spacial score (nSPS) is 18.9. The summed E-state index contributed by atoms with van der Waals surface area (Å²) in [7, 11) is 0. The van der Waals surface area contributed by atoms with Crippen LogP contribution in [0, 0.1) is 0 Å². The number of fused-ring (bicyclic) bond motifs is 1. The Kier molecular flexibility index (Phi) is 6.07. The minimum absolute atomic E-state index is 0.0482. The van der Waals surface area contributed by atoms with Crippen molar-refractivity contribution in [3.63, 3.8) is 0 Å². The molecule has 0 bridgehead atoms. The Labute approximate surface area is 166 Å². The molecule has 2 heterocycles. The van der Waals surface area contributed by atoms with E-state index in [2.05, 4.69) is 29.3 Å². The Morgan fingerprint density at radius 3 is 2.68 bits per heavy atom. The number of nitrogens with zero attached hydrogens (tertiary/aromatic N) is 3. The Hall–Kier alpha value is -2.18. The van der Waals surface area contributed by atoms with E-state index in [4.69, 9.17) is 9.84 Å². The number of para-hydroxylation sites is 1. The second-order valence-electron chi connectivity index (χ2n) is 7.79. The molecule has 1 aromatic heterocycles. The summed E-state index contributed by atoms with van der Waals surface area (Å²) in [6.45, 7) is 6.19. The third-order valence-electron chi connectivity index (χ3n) is 5.87. The molecule has 28 heavy (non-hydrogen) atoms. The summed E-state index contributed by atoms with van der Waals surface area (Å²) in [6, 6.07) is 10.4. The SMILES string of the molecule is CC(CNC(=O)c1nn(-c2ccccc2)c2c1CCCCC2)N1CCOCC1. The first-order valence-corrected chi connectivity index (χ1v) is 10.5. The van der Waals surface area contributed by atoms with Gasteiger partial charge in [-0.3, -0.25) is 9.69 Å². The summed E-state index contributed by atoms with van der Waals surface area (Å²) in [5, 5.41) is 7.90. The Morgan fingerprint density at radius 2 is 1.89 bits per heavy atom. The van der Waals surface area contributed by atoms with Gasteiger partial charge in [0, 0.05) is 36.9 Å². The maximum absolute atomic E-state index is 13.0. The van der Waals surface area contributed by atoms with Gasteiger partial charge in [0.2, 0.25) is 0 Å². The molecule has 1 saturated heterocycles. The fourth-order valence-electron chi connectivity index (χ4n) is 4.21. The molecule has 2 aromatic rings. The maximum atomic E-state index is 13.0. The molecule has 1 aliphatic carbocycles. The van der Waals surface area contributed by atoms with Gasteiger partial charge in [0.15, 0.2) is 5.69 Å². The van der Waals surface area contributed by atoms with Crippen LogP contribution in [0.2, 0.25) is 0 Å². The molecule has 1 aliphatic heterocycles. The van der Waals surface area contributed by atoms with Gasteiger partial charge in [-0.15, -0.1) is 0 Å². The predicted molar refractivity (Wildman–Crippen MR) is 109 cm³/mol. The van der Waals surface area contributed by atoms with Gasteiger partial charge < -0.3 is 10.1 Å². The minimum Gasteiger partial charge on any atom is -0.379 e. The van der Waals surface area contributed by atoms with Crippen molar-refractivity contribution in [2.24, 2.45) is 0 Å². The van der Waals surface area contributed by atoms with Crippen molar-refractivity contribution in [1.29, 1.82) is 0 Å². The molecule has 0 spiro atoms. The van der Waals surface area contributed by atoms with Crippen LogP contribution in [0.25, 0.3) is 5.69 Å². The number of nitrogens with one attached hydrogen (secondary N) is 1. The molecule has 1 amide bonds. The molecule has 2 aliphatic rings. The number of carbonyl (C=O) groups excluding carboxylic acids is 1. The van der Waals surface area contributed by atoms with E-state index in [0.717, 1.165) is 63.2 Å². The zero-order chi connectivity index (χ0) is 19.3. The van der Waals surface area contributed by atoms with E-state index in [-0.39, 0.29) is 5.91 Å². The van der Waals surface area contributed by atoms with Crippen LogP contribution in [-0.2, 0) is 17.6 Å². The summed E-state index contributed by atoms with van der Waals surface area (Å²) < 4.78 is 7.41. The quantitative estimate of drug-likeness (QED) is 0.808. The Bertz CT molecular complexity index is 796. The topological polar surface area (TPSA) is 59.4 Å². The van der Waals surface area contributed by atoms with Crippen LogP contribution in [0.1, 0.15) is 47.9 Å². The van der Waals surface area contributed by atoms with Crippen molar-refractivity contribution >= 4 is 5.91 Å². The van der Waals surface area contributed by atoms with E-state index in [1.165, 1.54) is 12.1 Å². The average molecular weight is 383 g/mol. The average Bonchev–Trinajstić information content (AvgIpc) is 2.94. The molecule has 0 radical (unpaired) electrons. The molecular weight excluding hydrogens is 352 g/mol. The van der Waals surface area contributed by atoms with Gasteiger partial charge >= 0.3 is 0 Å². The van der Waals surface area contributed by atoms with Crippen LogP contribution in [0.4, 0.5) is 0 Å². The fraction of sp³-hybridized carbons (Fsp3) is 0.545. The number of hydrogen-bond donors (Lipinski definition) is 1. The number of amides is 1. The lowest BCUT2D eigenvalue weighted by Crippen LogP contribution is -2.47. The second-order valence-corrected chi connectivity index (χ2v) is 7.79. The lowest BCUT2D eigenvalue weighted by atomic mass is 10.1. The highest BCUT2D eigenvalue weighted by Gasteiger charge is 2.25. The van der Waals surface area contributed by atoms with Crippen LogP contribution < -0.4 is 5.32 Å². The van der Waals surface area contributed by atoms with E-state index >= 15 is 0 Å². The van der Waals surface area contributed by atoms with Gasteiger partial charge in [0.25, 0.3) is 5.91 Å². The Balaban J connectivity index is 1.53. The molecule has 0 saturated carbocycles. The van der Waals surface area contributed by atoms with Crippen molar-refractivity contribution in [1.82, 2.24) is 20.0 Å². The smallest absolute Gasteiger partial charge is 0.272 e. The zero-order valence-corrected chi connectivity index (χ0v) is 16.7. The Morgan fingerprint density at radius 1 is 1.14 bits per heavy atom. The first-order chi connectivity index (χ1) is 13.7. The van der Waals surface area contributed by atoms with Gasteiger partial charge in [0.05, 0.1) is 18.9 Å². The van der Waals surface area contributed by atoms with Gasteiger partial charge in [-0.1, -0.05) is 24.6 Å². The first-order valence-electron chi connectivity index (χ1n) is 10.5. The second kappa shape index (κ2) is 8.88. The van der Waals surface area contributed by atoms with Crippen molar-refractivity contribution in [2.45, 2.75) is 45.1 Å². The number of aromatic nitrogens is 2. The highest BCUT2D eigenvalue weighted by Crippen LogP contribution is 2.26. The van der Waals surface area contributed by atoms with E-state index in [9.17, 15) is 4.79 Å². The van der Waals surface area contributed by atoms with E-state index in [1.807, 2.05) is 22.9 Å². The maximum Gasteiger partial charge on any atom is 0.272 e. The van der Waals surface area contributed by atoms with Gasteiger partial charge in [-0.25, -0.2) is 4.68 Å². The van der Waals surface area contributed by atoms with Crippen molar-refractivity contribution in [2.75, 3.05) is 32.8 Å². The van der Waals surface area contributed by atoms with E-state index in [0.29, 0.717) is 18.3 Å². The summed E-state index contributed by atoms with van der Waals surface area (Å²) in [5.74, 6) is -0.0482. The van der Waals surface area contributed by atoms with Gasteiger partial charge in [-0.05, 0) is 44.7 Å². The van der Waals surface area contributed by atoms with Crippen LogP contribution in [0.15, 0.2) is 30.3 Å². The van der Waals surface area contributed by atoms with Crippen molar-refractivity contribution in [3.8, 4) is 5.69 Å². The largest absolute Gasteiger partial charge is 0.379 e. The predicted octanol–water partition coefficient (Wildman–Crippen LogP) is 2.59. The summed E-state index contributed by atoms with van der Waals surface area (Å²) >= 11 is 0. The van der Waals surface area contributed by atoms with E-state index < -0.39 is 0 Å². The highest BCUT2D eigenvalue weighted by atomic mass is 16.5. The number of carbonyl (C=O) groups is 1. The van der Waals surface area contributed by atoms with Crippen LogP contribution in [-0.4, -0.2) is 59.5 Å². The molecule has 6 heteroatoms. The van der Waals surface area contributed by atoms with Gasteiger partial charge in [-0.2, -0.15) is 5.10 Å². The number of rotatable bonds is 5. The molecule has 1 unspecified atom stereocenters. The summed E-state index contributed by atoms with van der Waals surface area (Å²) in [6.07, 6.45) is 5.40. The van der Waals surface area contributed by atoms with Crippen molar-refractivity contribution in [3.05, 3.63) is 47.3 Å². The third-order valence-corrected chi connectivity index (χ3v) is 5.87. The number of morpholine rings is 1. The van der Waals surface area contributed by atoms with Crippen molar-refractivity contribution < 1.29 is 9.53 Å². The number of hydrogen-bond acceptors (Lipinski definition) is 4. The molecule has 150 valence electrons. The van der Waals surface area contributed by atoms with Crippen LogP contribution in [0.5, 0.6) is 0 Å². The molecule has 1 atom stereocenters.